The van der Waals surface area contributed by atoms with E-state index in [-0.39, 0.29) is 11.7 Å². The maximum atomic E-state index is 14.1. The number of anilines is 1. The van der Waals surface area contributed by atoms with Crippen molar-refractivity contribution < 1.29 is 9.18 Å². The fraction of sp³-hybridized carbons (Fsp3) is 0.192. The van der Waals surface area contributed by atoms with Crippen LogP contribution in [0.4, 0.5) is 9.52 Å². The number of hydrogen-bond donors (Lipinski definition) is 2. The number of aromatic nitrogens is 3. The van der Waals surface area contributed by atoms with E-state index in [2.05, 4.69) is 15.3 Å². The topological polar surface area (TPSA) is 70.7 Å². The first-order valence-corrected chi connectivity index (χ1v) is 11.7. The number of amides is 1. The molecule has 2 N–H and O–H groups in total. The minimum absolute atomic E-state index is 0.0693. The van der Waals surface area contributed by atoms with Gasteiger partial charge in [0.25, 0.3) is 0 Å². The number of aryl methyl sites for hydroxylation is 3. The third kappa shape index (κ3) is 4.36. The molecule has 0 radical (unpaired) electrons. The molecule has 0 aliphatic heterocycles. The van der Waals surface area contributed by atoms with Crippen molar-refractivity contribution in [3.05, 3.63) is 76.5 Å². The number of nitrogens with one attached hydrogen (secondary N) is 2. The number of fused-ring (bicyclic) bond motifs is 2. The summed E-state index contributed by atoms with van der Waals surface area (Å²) in [6.45, 7) is 3.92. The van der Waals surface area contributed by atoms with Crippen LogP contribution < -0.4 is 5.32 Å². The molecule has 2 aromatic carbocycles. The zero-order valence-corrected chi connectivity index (χ0v) is 19.2. The third-order valence-electron chi connectivity index (χ3n) is 5.83. The van der Waals surface area contributed by atoms with Gasteiger partial charge in [-0.2, -0.15) is 0 Å². The van der Waals surface area contributed by atoms with Gasteiger partial charge in [0, 0.05) is 27.6 Å². The highest BCUT2D eigenvalue weighted by molar-refractivity contribution is 7.15. The molecule has 5 rings (SSSR count). The van der Waals surface area contributed by atoms with E-state index in [0.717, 1.165) is 49.3 Å². The van der Waals surface area contributed by atoms with Crippen LogP contribution in [-0.4, -0.2) is 20.9 Å². The normalized spacial score (nSPS) is 11.4. The van der Waals surface area contributed by atoms with Gasteiger partial charge in [0.05, 0.1) is 22.6 Å². The number of halogens is 1. The standard InChI is InChI=1S/C26H23FN4OS/c1-15-16(2)33-26(28-15)31-24(32)9-5-7-19-20-14-18(27)11-13-22(20)30-25(19)23-12-10-17-6-3-4-8-21(17)29-23/h3-4,6,8,10-14,30H,5,7,9H2,1-2H3,(H,28,31,32). The first-order chi connectivity index (χ1) is 16.0. The highest BCUT2D eigenvalue weighted by atomic mass is 32.1. The fourth-order valence-corrected chi connectivity index (χ4v) is 4.87. The van der Waals surface area contributed by atoms with E-state index in [4.69, 9.17) is 4.98 Å². The molecule has 7 heteroatoms. The Morgan fingerprint density at radius 1 is 1.09 bits per heavy atom. The molecule has 5 nitrogen and oxygen atoms in total. The van der Waals surface area contributed by atoms with Crippen LogP contribution in [0.2, 0.25) is 0 Å². The zero-order valence-electron chi connectivity index (χ0n) is 18.4. The second kappa shape index (κ2) is 8.75. The number of para-hydroxylation sites is 1. The molecule has 5 aromatic rings. The number of hydrogen-bond acceptors (Lipinski definition) is 4. The van der Waals surface area contributed by atoms with Crippen molar-refractivity contribution in [1.29, 1.82) is 0 Å². The van der Waals surface area contributed by atoms with Crippen LogP contribution in [0.25, 0.3) is 33.2 Å². The van der Waals surface area contributed by atoms with Crippen LogP contribution in [0.5, 0.6) is 0 Å². The average Bonchev–Trinajstić information content (AvgIpc) is 3.32. The summed E-state index contributed by atoms with van der Waals surface area (Å²) in [4.78, 5) is 26.2. The maximum Gasteiger partial charge on any atom is 0.226 e. The van der Waals surface area contributed by atoms with Crippen molar-refractivity contribution >= 4 is 44.2 Å². The van der Waals surface area contributed by atoms with Gasteiger partial charge in [-0.05, 0) is 62.6 Å². The quantitative estimate of drug-likeness (QED) is 0.303. The van der Waals surface area contributed by atoms with Gasteiger partial charge in [0.15, 0.2) is 5.13 Å². The Kier molecular flexibility index (Phi) is 5.64. The third-order valence-corrected chi connectivity index (χ3v) is 6.82. The van der Waals surface area contributed by atoms with Crippen molar-refractivity contribution in [3.63, 3.8) is 0 Å². The molecule has 3 heterocycles. The molecule has 0 atom stereocenters. The SMILES string of the molecule is Cc1nc(NC(=O)CCCc2c(-c3ccc4ccccc4n3)[nH]c3ccc(F)cc23)sc1C. The Hall–Kier alpha value is -3.58. The minimum atomic E-state index is -0.284. The van der Waals surface area contributed by atoms with E-state index in [9.17, 15) is 9.18 Å². The summed E-state index contributed by atoms with van der Waals surface area (Å²) in [5.74, 6) is -0.354. The van der Waals surface area contributed by atoms with Gasteiger partial charge in [-0.3, -0.25) is 4.79 Å². The number of carbonyl (C=O) groups excluding carboxylic acids is 1. The lowest BCUT2D eigenvalue weighted by Gasteiger charge is -2.07. The average molecular weight is 459 g/mol. The molecule has 0 saturated heterocycles. The van der Waals surface area contributed by atoms with Crippen LogP contribution in [0.15, 0.2) is 54.6 Å². The van der Waals surface area contributed by atoms with Crippen molar-refractivity contribution in [2.24, 2.45) is 0 Å². The van der Waals surface area contributed by atoms with E-state index in [0.29, 0.717) is 24.4 Å². The largest absolute Gasteiger partial charge is 0.353 e. The van der Waals surface area contributed by atoms with E-state index < -0.39 is 0 Å². The molecule has 0 spiro atoms. The lowest BCUT2D eigenvalue weighted by atomic mass is 10.0. The van der Waals surface area contributed by atoms with Crippen molar-refractivity contribution in [1.82, 2.24) is 15.0 Å². The molecular weight excluding hydrogens is 435 g/mol. The van der Waals surface area contributed by atoms with Gasteiger partial charge >= 0.3 is 0 Å². The van der Waals surface area contributed by atoms with Gasteiger partial charge in [-0.25, -0.2) is 14.4 Å². The molecule has 3 aromatic heterocycles. The van der Waals surface area contributed by atoms with Crippen molar-refractivity contribution in [3.8, 4) is 11.4 Å². The van der Waals surface area contributed by atoms with E-state index >= 15 is 0 Å². The number of benzene rings is 2. The zero-order chi connectivity index (χ0) is 22.9. The number of nitrogens with zero attached hydrogens (tertiary/aromatic N) is 2. The lowest BCUT2D eigenvalue weighted by Crippen LogP contribution is -2.11. The molecule has 1 amide bonds. The summed E-state index contributed by atoms with van der Waals surface area (Å²) in [7, 11) is 0. The summed E-state index contributed by atoms with van der Waals surface area (Å²) in [5, 5.41) is 5.40. The highest BCUT2D eigenvalue weighted by Crippen LogP contribution is 2.32. The predicted octanol–water partition coefficient (Wildman–Crippen LogP) is 6.56. The summed E-state index contributed by atoms with van der Waals surface area (Å²) in [5.41, 5.74) is 5.34. The van der Waals surface area contributed by atoms with Crippen LogP contribution >= 0.6 is 11.3 Å². The molecule has 0 aliphatic carbocycles. The number of rotatable bonds is 6. The Labute approximate surface area is 194 Å². The van der Waals surface area contributed by atoms with Crippen LogP contribution in [-0.2, 0) is 11.2 Å². The Balaban J connectivity index is 1.41. The maximum absolute atomic E-state index is 14.1. The Bertz CT molecular complexity index is 1470. The molecule has 0 fully saturated rings. The molecule has 166 valence electrons. The lowest BCUT2D eigenvalue weighted by molar-refractivity contribution is -0.116. The molecule has 0 saturated carbocycles. The van der Waals surface area contributed by atoms with Gasteiger partial charge in [0.1, 0.15) is 5.82 Å². The number of H-pyrrole nitrogens is 1. The van der Waals surface area contributed by atoms with Crippen LogP contribution in [0.3, 0.4) is 0 Å². The van der Waals surface area contributed by atoms with Crippen molar-refractivity contribution in [2.45, 2.75) is 33.1 Å². The number of aromatic amines is 1. The summed E-state index contributed by atoms with van der Waals surface area (Å²) in [6, 6.07) is 16.7. The summed E-state index contributed by atoms with van der Waals surface area (Å²) < 4.78 is 14.1. The van der Waals surface area contributed by atoms with Crippen LogP contribution in [0.1, 0.15) is 29.0 Å². The molecular formula is C26H23FN4OS. The van der Waals surface area contributed by atoms with Gasteiger partial charge in [-0.15, -0.1) is 11.3 Å². The van der Waals surface area contributed by atoms with Crippen molar-refractivity contribution in [2.75, 3.05) is 5.32 Å². The van der Waals surface area contributed by atoms with Gasteiger partial charge in [0.2, 0.25) is 5.91 Å². The van der Waals surface area contributed by atoms with Gasteiger partial charge in [-0.1, -0.05) is 24.3 Å². The predicted molar refractivity (Wildman–Crippen MR) is 132 cm³/mol. The molecule has 0 bridgehead atoms. The molecule has 0 aliphatic rings. The van der Waals surface area contributed by atoms with E-state index in [1.165, 1.54) is 17.4 Å². The summed E-state index contributed by atoms with van der Waals surface area (Å²) in [6.07, 6.45) is 1.60. The van der Waals surface area contributed by atoms with Gasteiger partial charge < -0.3 is 10.3 Å². The number of thiazole rings is 1. The Morgan fingerprint density at radius 3 is 2.76 bits per heavy atom. The highest BCUT2D eigenvalue weighted by Gasteiger charge is 2.16. The summed E-state index contributed by atoms with van der Waals surface area (Å²) >= 11 is 1.48. The first-order valence-electron chi connectivity index (χ1n) is 10.9. The second-order valence-corrected chi connectivity index (χ2v) is 9.32. The minimum Gasteiger partial charge on any atom is -0.353 e. The number of pyridine rings is 1. The molecule has 33 heavy (non-hydrogen) atoms. The smallest absolute Gasteiger partial charge is 0.226 e. The molecule has 0 unspecified atom stereocenters. The Morgan fingerprint density at radius 2 is 1.94 bits per heavy atom. The first kappa shape index (κ1) is 21.3. The van der Waals surface area contributed by atoms with E-state index in [1.807, 2.05) is 50.2 Å². The van der Waals surface area contributed by atoms with E-state index in [1.54, 1.807) is 12.1 Å². The second-order valence-electron chi connectivity index (χ2n) is 8.12. The number of carbonyl (C=O) groups is 1. The van der Waals surface area contributed by atoms with Crippen LogP contribution in [0, 0.1) is 19.7 Å². The monoisotopic (exact) mass is 458 g/mol. The fourth-order valence-electron chi connectivity index (χ4n) is 4.04.